The highest BCUT2D eigenvalue weighted by Gasteiger charge is 2.18. The molecule has 0 N–H and O–H groups in total. The Balaban J connectivity index is 1.86. The summed E-state index contributed by atoms with van der Waals surface area (Å²) < 4.78 is 0. The summed E-state index contributed by atoms with van der Waals surface area (Å²) in [6, 6.07) is 0. The normalized spacial score (nSPS) is 24.9. The van der Waals surface area contributed by atoms with Crippen molar-refractivity contribution < 1.29 is 0 Å². The van der Waals surface area contributed by atoms with E-state index in [4.69, 9.17) is 0 Å². The van der Waals surface area contributed by atoms with E-state index in [1.54, 1.807) is 0 Å². The highest BCUT2D eigenvalue weighted by atomic mass is 15.2. The van der Waals surface area contributed by atoms with Crippen molar-refractivity contribution in [1.82, 2.24) is 9.80 Å². The molecule has 14 heavy (non-hydrogen) atoms. The number of allylic oxidation sites excluding steroid dienone is 1. The summed E-state index contributed by atoms with van der Waals surface area (Å²) in [5.41, 5.74) is 1.45. The molecule has 2 aliphatic heterocycles. The second-order valence-corrected chi connectivity index (χ2v) is 4.37. The fraction of sp³-hybridized carbons (Fsp3) is 0.750. The predicted molar refractivity (Wildman–Crippen MR) is 59.9 cm³/mol. The van der Waals surface area contributed by atoms with E-state index < -0.39 is 0 Å². The van der Waals surface area contributed by atoms with E-state index >= 15 is 0 Å². The smallest absolute Gasteiger partial charge is 0.0380 e. The van der Waals surface area contributed by atoms with Crippen molar-refractivity contribution in [3.05, 3.63) is 18.7 Å². The molecule has 0 aromatic carbocycles. The lowest BCUT2D eigenvalue weighted by Gasteiger charge is -2.25. The van der Waals surface area contributed by atoms with Crippen LogP contribution in [0.5, 0.6) is 0 Å². The first-order valence-corrected chi connectivity index (χ1v) is 5.86. The largest absolute Gasteiger partial charge is 0.374 e. The maximum Gasteiger partial charge on any atom is 0.0380 e. The van der Waals surface area contributed by atoms with E-state index in [2.05, 4.69) is 22.8 Å². The summed E-state index contributed by atoms with van der Waals surface area (Å²) in [6.45, 7) is 10.1. The van der Waals surface area contributed by atoms with Crippen LogP contribution in [0.4, 0.5) is 0 Å². The van der Waals surface area contributed by atoms with Gasteiger partial charge < -0.3 is 4.90 Å². The van der Waals surface area contributed by atoms with Gasteiger partial charge in [-0.2, -0.15) is 0 Å². The zero-order valence-electron chi connectivity index (χ0n) is 9.04. The Labute approximate surface area is 87.6 Å². The molecule has 1 radical (unpaired) electrons. The van der Waals surface area contributed by atoms with Gasteiger partial charge in [0.25, 0.3) is 0 Å². The van der Waals surface area contributed by atoms with E-state index in [1.807, 2.05) is 0 Å². The monoisotopic (exact) mass is 193 g/mol. The molecule has 2 fully saturated rings. The molecule has 0 saturated carbocycles. The fourth-order valence-electron chi connectivity index (χ4n) is 2.47. The van der Waals surface area contributed by atoms with Gasteiger partial charge in [-0.25, -0.2) is 0 Å². The Hall–Kier alpha value is -0.500. The lowest BCUT2D eigenvalue weighted by molar-refractivity contribution is 0.311. The minimum Gasteiger partial charge on any atom is -0.374 e. The first kappa shape index (κ1) is 10.0. The Morgan fingerprint density at radius 1 is 1.00 bits per heavy atom. The van der Waals surface area contributed by atoms with Gasteiger partial charge in [-0.1, -0.05) is 6.08 Å². The number of hydrogen-bond acceptors (Lipinski definition) is 2. The summed E-state index contributed by atoms with van der Waals surface area (Å²) >= 11 is 0. The number of rotatable bonds is 3. The van der Waals surface area contributed by atoms with Gasteiger partial charge in [0, 0.05) is 25.3 Å². The van der Waals surface area contributed by atoms with E-state index in [-0.39, 0.29) is 0 Å². The van der Waals surface area contributed by atoms with Crippen molar-refractivity contribution in [3.63, 3.8) is 0 Å². The zero-order valence-corrected chi connectivity index (χ0v) is 9.04. The van der Waals surface area contributed by atoms with Crippen LogP contribution in [0.1, 0.15) is 25.7 Å². The molecule has 2 heteroatoms. The maximum atomic E-state index is 3.94. The van der Waals surface area contributed by atoms with Crippen LogP contribution in [-0.4, -0.2) is 42.5 Å². The molecule has 0 aliphatic carbocycles. The molecular formula is C12H21N2. The molecule has 2 aliphatic rings. The Morgan fingerprint density at radius 3 is 2.14 bits per heavy atom. The maximum absolute atomic E-state index is 3.94. The third-order valence-electron chi connectivity index (χ3n) is 3.33. The highest BCUT2D eigenvalue weighted by Crippen LogP contribution is 2.17. The Bertz CT molecular complexity index is 198. The molecule has 0 amide bonds. The molecular weight excluding hydrogens is 172 g/mol. The quantitative estimate of drug-likeness (QED) is 0.675. The van der Waals surface area contributed by atoms with Gasteiger partial charge in [-0.3, -0.25) is 4.90 Å². The third kappa shape index (κ3) is 2.30. The van der Waals surface area contributed by atoms with Crippen LogP contribution in [-0.2, 0) is 0 Å². The van der Waals surface area contributed by atoms with Gasteiger partial charge in [0.05, 0.1) is 0 Å². The minimum absolute atomic E-state index is 1.13. The standard InChI is InChI=1S/C12H21N2/c1-2-12(14-9-5-6-10-14)11-13-7-3-4-8-13/h2H,1,3-11H2. The fourth-order valence-corrected chi connectivity index (χ4v) is 2.47. The molecule has 0 bridgehead atoms. The molecule has 0 unspecified atom stereocenters. The van der Waals surface area contributed by atoms with E-state index in [1.165, 1.54) is 57.6 Å². The summed E-state index contributed by atoms with van der Waals surface area (Å²) in [5, 5.41) is 0. The van der Waals surface area contributed by atoms with Crippen LogP contribution in [0.2, 0.25) is 0 Å². The van der Waals surface area contributed by atoms with Crippen molar-refractivity contribution >= 4 is 0 Å². The summed E-state index contributed by atoms with van der Waals surface area (Å²) in [7, 11) is 0. The molecule has 0 aromatic rings. The molecule has 0 aromatic heterocycles. The second-order valence-electron chi connectivity index (χ2n) is 4.37. The number of nitrogens with zero attached hydrogens (tertiary/aromatic N) is 2. The zero-order chi connectivity index (χ0) is 9.80. The van der Waals surface area contributed by atoms with E-state index in [0.29, 0.717) is 0 Å². The van der Waals surface area contributed by atoms with Gasteiger partial charge in [0.1, 0.15) is 0 Å². The average Bonchev–Trinajstić information content (AvgIpc) is 2.86. The second kappa shape index (κ2) is 4.83. The van der Waals surface area contributed by atoms with Crippen molar-refractivity contribution in [2.45, 2.75) is 25.7 Å². The topological polar surface area (TPSA) is 6.48 Å². The van der Waals surface area contributed by atoms with Crippen molar-refractivity contribution in [2.24, 2.45) is 0 Å². The first-order chi connectivity index (χ1) is 6.90. The molecule has 0 spiro atoms. The van der Waals surface area contributed by atoms with Crippen LogP contribution in [0.3, 0.4) is 0 Å². The van der Waals surface area contributed by atoms with Gasteiger partial charge >= 0.3 is 0 Å². The van der Waals surface area contributed by atoms with Crippen molar-refractivity contribution in [1.29, 1.82) is 0 Å². The van der Waals surface area contributed by atoms with Gasteiger partial charge in [-0.05, 0) is 45.7 Å². The molecule has 0 atom stereocenters. The van der Waals surface area contributed by atoms with Crippen LogP contribution < -0.4 is 0 Å². The van der Waals surface area contributed by atoms with Gasteiger partial charge in [0.2, 0.25) is 0 Å². The van der Waals surface area contributed by atoms with Crippen LogP contribution in [0, 0.1) is 6.92 Å². The predicted octanol–water partition coefficient (Wildman–Crippen LogP) is 1.90. The van der Waals surface area contributed by atoms with E-state index in [0.717, 1.165) is 6.54 Å². The highest BCUT2D eigenvalue weighted by molar-refractivity contribution is 5.07. The lowest BCUT2D eigenvalue weighted by atomic mass is 10.3. The minimum atomic E-state index is 1.13. The lowest BCUT2D eigenvalue weighted by Crippen LogP contribution is -2.30. The van der Waals surface area contributed by atoms with Crippen LogP contribution in [0.15, 0.2) is 11.8 Å². The Morgan fingerprint density at radius 2 is 1.57 bits per heavy atom. The van der Waals surface area contributed by atoms with Gasteiger partial charge in [-0.15, -0.1) is 0 Å². The van der Waals surface area contributed by atoms with Crippen molar-refractivity contribution in [3.8, 4) is 0 Å². The molecule has 79 valence electrons. The van der Waals surface area contributed by atoms with Gasteiger partial charge in [0.15, 0.2) is 0 Å². The summed E-state index contributed by atoms with van der Waals surface area (Å²) in [6.07, 6.45) is 7.53. The first-order valence-electron chi connectivity index (χ1n) is 5.86. The molecule has 2 nitrogen and oxygen atoms in total. The SMILES string of the molecule is [CH2]C=C(CN1CCCC1)N1CCCC1. The van der Waals surface area contributed by atoms with E-state index in [9.17, 15) is 0 Å². The molecule has 2 rings (SSSR count). The third-order valence-corrected chi connectivity index (χ3v) is 3.33. The summed E-state index contributed by atoms with van der Waals surface area (Å²) in [5.74, 6) is 0. The van der Waals surface area contributed by atoms with Crippen molar-refractivity contribution in [2.75, 3.05) is 32.7 Å². The van der Waals surface area contributed by atoms with Crippen LogP contribution in [0.25, 0.3) is 0 Å². The van der Waals surface area contributed by atoms with Crippen LogP contribution >= 0.6 is 0 Å². The number of likely N-dealkylation sites (tertiary alicyclic amines) is 2. The number of hydrogen-bond donors (Lipinski definition) is 0. The molecule has 2 heterocycles. The Kier molecular flexibility index (Phi) is 3.46. The summed E-state index contributed by atoms with van der Waals surface area (Å²) in [4.78, 5) is 5.06. The molecule has 2 saturated heterocycles. The average molecular weight is 193 g/mol.